The number of hydrogen-bond donors (Lipinski definition) is 0. The minimum absolute atomic E-state index is 0.651. The quantitative estimate of drug-likeness (QED) is 0.449. The van der Waals surface area contributed by atoms with Gasteiger partial charge in [-0.25, -0.2) is 9.97 Å². The van der Waals surface area contributed by atoms with Crippen molar-refractivity contribution in [2.45, 2.75) is 43.2 Å². The highest BCUT2D eigenvalue weighted by molar-refractivity contribution is 7.99. The third kappa shape index (κ3) is 1.48. The van der Waals surface area contributed by atoms with Crippen molar-refractivity contribution in [2.24, 2.45) is 0 Å². The third-order valence-electron chi connectivity index (χ3n) is 3.41. The molecule has 0 saturated heterocycles. The zero-order chi connectivity index (χ0) is 10.4. The van der Waals surface area contributed by atoms with Crippen LogP contribution in [0.15, 0.2) is 5.16 Å². The molecule has 0 spiro atoms. The van der Waals surface area contributed by atoms with Gasteiger partial charge in [-0.2, -0.15) is 0 Å². The molecule has 15 heavy (non-hydrogen) atoms. The molecule has 2 atom stereocenters. The van der Waals surface area contributed by atoms with E-state index in [2.05, 4.69) is 16.9 Å². The molecule has 2 unspecified atom stereocenters. The fourth-order valence-corrected chi connectivity index (χ4v) is 3.77. The van der Waals surface area contributed by atoms with E-state index in [0.29, 0.717) is 17.0 Å². The van der Waals surface area contributed by atoms with Crippen LogP contribution in [0, 0.1) is 0 Å². The first-order valence-corrected chi connectivity index (χ1v) is 6.86. The van der Waals surface area contributed by atoms with Crippen molar-refractivity contribution in [3.8, 4) is 0 Å². The van der Waals surface area contributed by atoms with Crippen LogP contribution < -0.4 is 0 Å². The van der Waals surface area contributed by atoms with Crippen LogP contribution in [0.1, 0.15) is 49.3 Å². The van der Waals surface area contributed by atoms with Crippen molar-refractivity contribution in [1.82, 2.24) is 9.97 Å². The molecule has 80 valence electrons. The van der Waals surface area contributed by atoms with E-state index in [1.54, 1.807) is 11.8 Å². The summed E-state index contributed by atoms with van der Waals surface area (Å²) in [4.78, 5) is 9.02. The highest BCUT2D eigenvalue weighted by atomic mass is 35.5. The SMILES string of the molecule is CCSc1nc(Cl)c2c(n1)C1CCC2C1. The summed E-state index contributed by atoms with van der Waals surface area (Å²) in [6.07, 6.45) is 3.83. The second-order valence-electron chi connectivity index (χ2n) is 4.24. The van der Waals surface area contributed by atoms with Gasteiger partial charge in [-0.15, -0.1) is 0 Å². The normalized spacial score (nSPS) is 27.1. The number of halogens is 1. The van der Waals surface area contributed by atoms with Crippen LogP contribution in [0.4, 0.5) is 0 Å². The molecule has 2 aliphatic carbocycles. The summed E-state index contributed by atoms with van der Waals surface area (Å²) in [6.45, 7) is 2.11. The number of fused-ring (bicyclic) bond motifs is 5. The van der Waals surface area contributed by atoms with Crippen LogP contribution in [0.2, 0.25) is 5.15 Å². The first-order chi connectivity index (χ1) is 7.29. The van der Waals surface area contributed by atoms with E-state index in [9.17, 15) is 0 Å². The van der Waals surface area contributed by atoms with Gasteiger partial charge in [-0.05, 0) is 30.9 Å². The van der Waals surface area contributed by atoms with Crippen molar-refractivity contribution >= 4 is 23.4 Å². The molecule has 2 nitrogen and oxygen atoms in total. The van der Waals surface area contributed by atoms with Gasteiger partial charge in [0, 0.05) is 11.5 Å². The summed E-state index contributed by atoms with van der Waals surface area (Å²) in [5.41, 5.74) is 2.51. The van der Waals surface area contributed by atoms with Crippen molar-refractivity contribution < 1.29 is 0 Å². The molecule has 1 aromatic heterocycles. The number of nitrogens with zero attached hydrogens (tertiary/aromatic N) is 2. The first-order valence-electron chi connectivity index (χ1n) is 5.49. The molecule has 2 aliphatic rings. The lowest BCUT2D eigenvalue weighted by molar-refractivity contribution is 0.675. The van der Waals surface area contributed by atoms with E-state index in [0.717, 1.165) is 10.9 Å². The monoisotopic (exact) mass is 240 g/mol. The maximum absolute atomic E-state index is 6.24. The van der Waals surface area contributed by atoms with Crippen LogP contribution >= 0.6 is 23.4 Å². The molecule has 1 aromatic rings. The summed E-state index contributed by atoms with van der Waals surface area (Å²) >= 11 is 7.92. The van der Waals surface area contributed by atoms with Gasteiger partial charge in [0.1, 0.15) is 5.15 Å². The average molecular weight is 241 g/mol. The molecule has 0 N–H and O–H groups in total. The Labute approximate surface area is 98.8 Å². The minimum Gasteiger partial charge on any atom is -0.227 e. The predicted molar refractivity (Wildman–Crippen MR) is 62.8 cm³/mol. The third-order valence-corrected chi connectivity index (χ3v) is 4.43. The van der Waals surface area contributed by atoms with Crippen molar-refractivity contribution in [2.75, 3.05) is 5.75 Å². The van der Waals surface area contributed by atoms with E-state index in [4.69, 9.17) is 11.6 Å². The molecule has 1 saturated carbocycles. The van der Waals surface area contributed by atoms with Crippen LogP contribution in [-0.4, -0.2) is 15.7 Å². The summed E-state index contributed by atoms with van der Waals surface area (Å²) in [7, 11) is 0. The van der Waals surface area contributed by atoms with E-state index in [1.165, 1.54) is 30.5 Å². The number of rotatable bonds is 2. The Morgan fingerprint density at radius 1 is 1.33 bits per heavy atom. The largest absolute Gasteiger partial charge is 0.227 e. The lowest BCUT2D eigenvalue weighted by atomic mass is 9.97. The smallest absolute Gasteiger partial charge is 0.189 e. The average Bonchev–Trinajstić information content (AvgIpc) is 2.78. The topological polar surface area (TPSA) is 25.8 Å². The summed E-state index contributed by atoms with van der Waals surface area (Å²) in [5.74, 6) is 2.32. The van der Waals surface area contributed by atoms with Gasteiger partial charge in [-0.1, -0.05) is 30.3 Å². The molecule has 0 amide bonds. The molecule has 1 heterocycles. The molecule has 0 aromatic carbocycles. The van der Waals surface area contributed by atoms with Gasteiger partial charge in [0.25, 0.3) is 0 Å². The highest BCUT2D eigenvalue weighted by Crippen LogP contribution is 2.54. The van der Waals surface area contributed by atoms with E-state index < -0.39 is 0 Å². The first kappa shape index (κ1) is 9.91. The van der Waals surface area contributed by atoms with Gasteiger partial charge < -0.3 is 0 Å². The van der Waals surface area contributed by atoms with Crippen molar-refractivity contribution in [3.63, 3.8) is 0 Å². The fraction of sp³-hybridized carbons (Fsp3) is 0.636. The Morgan fingerprint density at radius 3 is 2.93 bits per heavy atom. The van der Waals surface area contributed by atoms with E-state index >= 15 is 0 Å². The van der Waals surface area contributed by atoms with Crippen LogP contribution in [0.3, 0.4) is 0 Å². The maximum Gasteiger partial charge on any atom is 0.189 e. The molecule has 1 fully saturated rings. The molecular weight excluding hydrogens is 228 g/mol. The van der Waals surface area contributed by atoms with Crippen molar-refractivity contribution in [3.05, 3.63) is 16.4 Å². The lowest BCUT2D eigenvalue weighted by Gasteiger charge is -2.15. The zero-order valence-corrected chi connectivity index (χ0v) is 10.2. The van der Waals surface area contributed by atoms with Gasteiger partial charge in [0.2, 0.25) is 0 Å². The molecular formula is C11H13ClN2S. The van der Waals surface area contributed by atoms with E-state index in [1.807, 2.05) is 0 Å². The van der Waals surface area contributed by atoms with Gasteiger partial charge in [0.15, 0.2) is 5.16 Å². The Kier molecular flexibility index (Phi) is 2.40. The summed E-state index contributed by atoms with van der Waals surface area (Å²) in [5, 5.41) is 1.57. The van der Waals surface area contributed by atoms with Gasteiger partial charge in [0.05, 0.1) is 5.69 Å². The van der Waals surface area contributed by atoms with Crippen LogP contribution in [0.5, 0.6) is 0 Å². The lowest BCUT2D eigenvalue weighted by Crippen LogP contribution is -2.05. The minimum atomic E-state index is 0.651. The van der Waals surface area contributed by atoms with Gasteiger partial charge in [-0.3, -0.25) is 0 Å². The van der Waals surface area contributed by atoms with Crippen LogP contribution in [0.25, 0.3) is 0 Å². The Bertz CT molecular complexity index is 408. The second kappa shape index (κ2) is 3.63. The number of thioether (sulfide) groups is 1. The van der Waals surface area contributed by atoms with Gasteiger partial charge >= 0.3 is 0 Å². The summed E-state index contributed by atoms with van der Waals surface area (Å²) in [6, 6.07) is 0. The molecule has 4 heteroatoms. The van der Waals surface area contributed by atoms with E-state index in [-0.39, 0.29) is 0 Å². The summed E-state index contributed by atoms with van der Waals surface area (Å²) < 4.78 is 0. The standard InChI is InChI=1S/C11H13ClN2S/c1-2-15-11-13-9-7-4-3-6(5-7)8(9)10(12)14-11/h6-7H,2-5H2,1H3. The highest BCUT2D eigenvalue weighted by Gasteiger charge is 2.40. The molecule has 2 bridgehead atoms. The number of hydrogen-bond acceptors (Lipinski definition) is 3. The Morgan fingerprint density at radius 2 is 2.13 bits per heavy atom. The zero-order valence-electron chi connectivity index (χ0n) is 8.66. The molecule has 0 radical (unpaired) electrons. The van der Waals surface area contributed by atoms with Crippen LogP contribution in [-0.2, 0) is 0 Å². The molecule has 3 rings (SSSR count). The number of aromatic nitrogens is 2. The Balaban J connectivity index is 2.08. The van der Waals surface area contributed by atoms with Crippen molar-refractivity contribution in [1.29, 1.82) is 0 Å². The molecule has 0 aliphatic heterocycles. The predicted octanol–water partition coefficient (Wildman–Crippen LogP) is 3.61. The fourth-order valence-electron chi connectivity index (χ4n) is 2.81. The maximum atomic E-state index is 6.24. The second-order valence-corrected chi connectivity index (χ2v) is 5.83. The Hall–Kier alpha value is -0.280.